The van der Waals surface area contributed by atoms with Gasteiger partial charge in [0.05, 0.1) is 17.8 Å². The first-order valence-electron chi connectivity index (χ1n) is 6.58. The highest BCUT2D eigenvalue weighted by molar-refractivity contribution is 7.12. The number of methoxy groups -OCH3 is 1. The van der Waals surface area contributed by atoms with Crippen LogP contribution in [0.3, 0.4) is 0 Å². The summed E-state index contributed by atoms with van der Waals surface area (Å²) < 4.78 is 18.8. The van der Waals surface area contributed by atoms with E-state index in [0.29, 0.717) is 12.5 Å². The van der Waals surface area contributed by atoms with Crippen LogP contribution in [-0.2, 0) is 0 Å². The van der Waals surface area contributed by atoms with Crippen molar-refractivity contribution < 1.29 is 9.13 Å². The Morgan fingerprint density at radius 2 is 2.20 bits per heavy atom. The van der Waals surface area contributed by atoms with Crippen LogP contribution in [0.2, 0.25) is 0 Å². The Morgan fingerprint density at radius 3 is 2.80 bits per heavy atom. The van der Waals surface area contributed by atoms with Crippen molar-refractivity contribution in [3.63, 3.8) is 0 Å². The van der Waals surface area contributed by atoms with Gasteiger partial charge in [0.25, 0.3) is 0 Å². The third-order valence-electron chi connectivity index (χ3n) is 3.23. The lowest BCUT2D eigenvalue weighted by atomic mass is 10.0. The number of benzene rings is 1. The molecule has 0 fully saturated rings. The van der Waals surface area contributed by atoms with Gasteiger partial charge in [0.2, 0.25) is 0 Å². The average molecular weight is 294 g/mol. The summed E-state index contributed by atoms with van der Waals surface area (Å²) in [4.78, 5) is 5.72. The molecule has 0 saturated carbocycles. The molecule has 0 spiro atoms. The van der Waals surface area contributed by atoms with Gasteiger partial charge in [0.1, 0.15) is 0 Å². The van der Waals surface area contributed by atoms with Crippen molar-refractivity contribution in [3.05, 3.63) is 33.9 Å². The summed E-state index contributed by atoms with van der Waals surface area (Å²) in [6.45, 7) is 4.73. The minimum atomic E-state index is -0.368. The maximum absolute atomic E-state index is 13.9. The second kappa shape index (κ2) is 6.33. The highest BCUT2D eigenvalue weighted by atomic mass is 32.1. The van der Waals surface area contributed by atoms with Gasteiger partial charge in [0, 0.05) is 10.4 Å². The van der Waals surface area contributed by atoms with Gasteiger partial charge in [-0.3, -0.25) is 0 Å². The smallest absolute Gasteiger partial charge is 0.165 e. The molecule has 2 N–H and O–H groups in total. The molecule has 2 rings (SSSR count). The standard InChI is InChI=1S/C15H19FN2OS/c1-9(6-7-17)15-14(18-10(2)20-15)11-4-5-13(19-3)12(16)8-11/h4-5,8-9H,6-7,17H2,1-3H3. The quantitative estimate of drug-likeness (QED) is 0.914. The minimum Gasteiger partial charge on any atom is -0.494 e. The number of hydrogen-bond acceptors (Lipinski definition) is 4. The van der Waals surface area contributed by atoms with Crippen molar-refractivity contribution in [2.24, 2.45) is 5.73 Å². The van der Waals surface area contributed by atoms with Crippen molar-refractivity contribution in [2.75, 3.05) is 13.7 Å². The average Bonchev–Trinajstić information content (AvgIpc) is 2.81. The van der Waals surface area contributed by atoms with Crippen molar-refractivity contribution in [1.82, 2.24) is 4.98 Å². The maximum Gasteiger partial charge on any atom is 0.165 e. The Hall–Kier alpha value is -1.46. The van der Waals surface area contributed by atoms with E-state index in [9.17, 15) is 4.39 Å². The van der Waals surface area contributed by atoms with E-state index in [1.54, 1.807) is 17.4 Å². The lowest BCUT2D eigenvalue weighted by molar-refractivity contribution is 0.386. The summed E-state index contributed by atoms with van der Waals surface area (Å²) in [6, 6.07) is 4.96. The molecule has 1 heterocycles. The van der Waals surface area contributed by atoms with E-state index in [1.165, 1.54) is 13.2 Å². The Bertz CT molecular complexity index is 598. The molecule has 0 saturated heterocycles. The Kier molecular flexibility index (Phi) is 4.73. The van der Waals surface area contributed by atoms with Gasteiger partial charge in [0.15, 0.2) is 11.6 Å². The third kappa shape index (κ3) is 2.99. The highest BCUT2D eigenvalue weighted by Gasteiger charge is 2.18. The van der Waals surface area contributed by atoms with E-state index < -0.39 is 0 Å². The molecule has 0 bridgehead atoms. The van der Waals surface area contributed by atoms with E-state index in [4.69, 9.17) is 10.5 Å². The molecule has 1 aromatic heterocycles. The summed E-state index contributed by atoms with van der Waals surface area (Å²) in [5.41, 5.74) is 7.27. The number of thiazole rings is 1. The first-order chi connectivity index (χ1) is 9.56. The minimum absolute atomic E-state index is 0.247. The molecular formula is C15H19FN2OS. The van der Waals surface area contributed by atoms with Crippen LogP contribution in [0, 0.1) is 12.7 Å². The molecule has 0 amide bonds. The largest absolute Gasteiger partial charge is 0.494 e. The van der Waals surface area contributed by atoms with Gasteiger partial charge in [-0.15, -0.1) is 11.3 Å². The number of aromatic nitrogens is 1. The SMILES string of the molecule is COc1ccc(-c2nc(C)sc2C(C)CCN)cc1F. The van der Waals surface area contributed by atoms with Crippen LogP contribution in [0.15, 0.2) is 18.2 Å². The van der Waals surface area contributed by atoms with Crippen molar-refractivity contribution in [1.29, 1.82) is 0 Å². The number of rotatable bonds is 5. The third-order valence-corrected chi connectivity index (χ3v) is 4.44. The van der Waals surface area contributed by atoms with E-state index in [2.05, 4.69) is 11.9 Å². The topological polar surface area (TPSA) is 48.1 Å². The zero-order valence-corrected chi connectivity index (χ0v) is 12.8. The van der Waals surface area contributed by atoms with Gasteiger partial charge in [-0.05, 0) is 44.0 Å². The summed E-state index contributed by atoms with van der Waals surface area (Å²) in [7, 11) is 1.46. The first-order valence-corrected chi connectivity index (χ1v) is 7.39. The predicted octanol–water partition coefficient (Wildman–Crippen LogP) is 3.72. The number of hydrogen-bond donors (Lipinski definition) is 1. The van der Waals surface area contributed by atoms with Crippen LogP contribution in [0.5, 0.6) is 5.75 Å². The number of halogens is 1. The number of ether oxygens (including phenoxy) is 1. The molecular weight excluding hydrogens is 275 g/mol. The van der Waals surface area contributed by atoms with Crippen LogP contribution >= 0.6 is 11.3 Å². The van der Waals surface area contributed by atoms with E-state index >= 15 is 0 Å². The summed E-state index contributed by atoms with van der Waals surface area (Å²) >= 11 is 1.65. The molecule has 20 heavy (non-hydrogen) atoms. The van der Waals surface area contributed by atoms with Crippen molar-refractivity contribution in [2.45, 2.75) is 26.2 Å². The van der Waals surface area contributed by atoms with Crippen molar-refractivity contribution >= 4 is 11.3 Å². The van der Waals surface area contributed by atoms with Crippen LogP contribution in [0.25, 0.3) is 11.3 Å². The second-order valence-corrected chi connectivity index (χ2v) is 6.01. The molecule has 5 heteroatoms. The van der Waals surface area contributed by atoms with E-state index in [0.717, 1.165) is 27.6 Å². The van der Waals surface area contributed by atoms with Crippen LogP contribution < -0.4 is 10.5 Å². The van der Waals surface area contributed by atoms with E-state index in [-0.39, 0.29) is 11.6 Å². The zero-order chi connectivity index (χ0) is 14.7. The van der Waals surface area contributed by atoms with Gasteiger partial charge >= 0.3 is 0 Å². The number of nitrogens with two attached hydrogens (primary N) is 1. The summed E-state index contributed by atoms with van der Waals surface area (Å²) in [6.07, 6.45) is 0.896. The molecule has 3 nitrogen and oxygen atoms in total. The summed E-state index contributed by atoms with van der Waals surface area (Å²) in [5.74, 6) is 0.205. The van der Waals surface area contributed by atoms with Crippen LogP contribution in [-0.4, -0.2) is 18.6 Å². The second-order valence-electron chi connectivity index (χ2n) is 4.77. The Morgan fingerprint density at radius 1 is 1.45 bits per heavy atom. The molecule has 0 radical (unpaired) electrons. The normalized spacial score (nSPS) is 12.4. The van der Waals surface area contributed by atoms with Gasteiger partial charge in [-0.1, -0.05) is 6.92 Å². The number of nitrogens with zero attached hydrogens (tertiary/aromatic N) is 1. The van der Waals surface area contributed by atoms with E-state index in [1.807, 2.05) is 13.0 Å². The lowest BCUT2D eigenvalue weighted by Gasteiger charge is -2.10. The Balaban J connectivity index is 2.44. The van der Waals surface area contributed by atoms with Crippen molar-refractivity contribution in [3.8, 4) is 17.0 Å². The fourth-order valence-corrected chi connectivity index (χ4v) is 3.21. The van der Waals surface area contributed by atoms with Gasteiger partial charge in [-0.25, -0.2) is 9.37 Å². The highest BCUT2D eigenvalue weighted by Crippen LogP contribution is 2.36. The predicted molar refractivity (Wildman–Crippen MR) is 80.9 cm³/mol. The molecule has 0 aliphatic rings. The van der Waals surface area contributed by atoms with Crippen LogP contribution in [0.1, 0.15) is 29.1 Å². The fraction of sp³-hybridized carbons (Fsp3) is 0.400. The van der Waals surface area contributed by atoms with Gasteiger partial charge < -0.3 is 10.5 Å². The van der Waals surface area contributed by atoms with Crippen LogP contribution in [0.4, 0.5) is 4.39 Å². The molecule has 2 aromatic rings. The maximum atomic E-state index is 13.9. The summed E-state index contributed by atoms with van der Waals surface area (Å²) in [5, 5.41) is 0.982. The molecule has 0 aliphatic carbocycles. The zero-order valence-electron chi connectivity index (χ0n) is 11.9. The molecule has 0 aliphatic heterocycles. The molecule has 1 unspecified atom stereocenters. The first kappa shape index (κ1) is 14.9. The molecule has 1 atom stereocenters. The molecule has 108 valence electrons. The van der Waals surface area contributed by atoms with Gasteiger partial charge in [-0.2, -0.15) is 0 Å². The fourth-order valence-electron chi connectivity index (χ4n) is 2.18. The monoisotopic (exact) mass is 294 g/mol. The lowest BCUT2D eigenvalue weighted by Crippen LogP contribution is -2.04. The Labute approximate surface area is 122 Å². The number of aryl methyl sites for hydroxylation is 1. The molecule has 1 aromatic carbocycles.